The first-order valence-electron chi connectivity index (χ1n) is 6.84. The lowest BCUT2D eigenvalue weighted by molar-refractivity contribution is -0.384. The fraction of sp³-hybridized carbons (Fsp3) is 0.133. The maximum absolute atomic E-state index is 12.2. The monoisotopic (exact) mass is 349 g/mol. The van der Waals surface area contributed by atoms with E-state index in [0.29, 0.717) is 5.56 Å². The van der Waals surface area contributed by atoms with Crippen molar-refractivity contribution in [3.8, 4) is 0 Å². The maximum atomic E-state index is 12.2. The Morgan fingerprint density at radius 2 is 1.88 bits per heavy atom. The Bertz CT molecular complexity index is 909. The van der Waals surface area contributed by atoms with Gasteiger partial charge in [-0.2, -0.15) is 0 Å². The number of hydrogen-bond donors (Lipinski definition) is 2. The van der Waals surface area contributed by atoms with Crippen molar-refractivity contribution < 1.29 is 18.1 Å². The molecular formula is C15H15N3O5S. The zero-order chi connectivity index (χ0) is 17.9. The molecule has 9 heteroatoms. The quantitative estimate of drug-likeness (QED) is 0.633. The number of anilines is 1. The van der Waals surface area contributed by atoms with Crippen LogP contribution in [0.4, 0.5) is 11.4 Å². The average molecular weight is 349 g/mol. The maximum Gasteiger partial charge on any atom is 0.270 e. The first-order valence-corrected chi connectivity index (χ1v) is 8.33. The minimum atomic E-state index is -3.66. The predicted molar refractivity (Wildman–Crippen MR) is 88.5 cm³/mol. The largest absolute Gasteiger partial charge is 0.322 e. The fourth-order valence-corrected chi connectivity index (χ4v) is 3.04. The molecule has 24 heavy (non-hydrogen) atoms. The van der Waals surface area contributed by atoms with E-state index in [1.807, 2.05) is 0 Å². The smallest absolute Gasteiger partial charge is 0.270 e. The van der Waals surface area contributed by atoms with Crippen molar-refractivity contribution in [3.63, 3.8) is 0 Å². The van der Waals surface area contributed by atoms with Gasteiger partial charge in [-0.25, -0.2) is 13.1 Å². The summed E-state index contributed by atoms with van der Waals surface area (Å²) in [5.74, 6) is -0.574. The molecule has 8 nitrogen and oxygen atoms in total. The zero-order valence-corrected chi connectivity index (χ0v) is 13.8. The summed E-state index contributed by atoms with van der Waals surface area (Å²) in [6.07, 6.45) is 0. The van der Waals surface area contributed by atoms with E-state index < -0.39 is 20.9 Å². The Balaban J connectivity index is 2.32. The van der Waals surface area contributed by atoms with E-state index in [4.69, 9.17) is 0 Å². The molecule has 0 radical (unpaired) electrons. The van der Waals surface area contributed by atoms with Gasteiger partial charge in [-0.05, 0) is 37.7 Å². The molecule has 0 aliphatic rings. The number of hydrogen-bond acceptors (Lipinski definition) is 5. The van der Waals surface area contributed by atoms with Gasteiger partial charge in [-0.1, -0.05) is 12.1 Å². The number of carbonyl (C=O) groups excluding carboxylic acids is 1. The van der Waals surface area contributed by atoms with Gasteiger partial charge in [-0.15, -0.1) is 0 Å². The van der Waals surface area contributed by atoms with Crippen LogP contribution in [0.3, 0.4) is 0 Å². The molecule has 0 fully saturated rings. The summed E-state index contributed by atoms with van der Waals surface area (Å²) in [6, 6.07) is 9.71. The van der Waals surface area contributed by atoms with E-state index in [9.17, 15) is 23.3 Å². The molecule has 0 saturated carbocycles. The first kappa shape index (κ1) is 17.6. The van der Waals surface area contributed by atoms with Crippen molar-refractivity contribution in [3.05, 3.63) is 63.7 Å². The normalized spacial score (nSPS) is 11.1. The Morgan fingerprint density at radius 3 is 2.50 bits per heavy atom. The summed E-state index contributed by atoms with van der Waals surface area (Å²) in [6.45, 7) is 1.64. The number of aryl methyl sites for hydroxylation is 1. The number of nitro groups is 1. The highest BCUT2D eigenvalue weighted by Gasteiger charge is 2.17. The second-order valence-corrected chi connectivity index (χ2v) is 6.80. The Morgan fingerprint density at radius 1 is 1.17 bits per heavy atom. The number of benzene rings is 2. The van der Waals surface area contributed by atoms with Crippen LogP contribution in [-0.4, -0.2) is 26.3 Å². The van der Waals surface area contributed by atoms with Crippen molar-refractivity contribution in [2.75, 3.05) is 12.4 Å². The lowest BCUT2D eigenvalue weighted by Crippen LogP contribution is -2.20. The molecule has 2 N–H and O–H groups in total. The van der Waals surface area contributed by atoms with Gasteiger partial charge in [0.25, 0.3) is 11.6 Å². The lowest BCUT2D eigenvalue weighted by atomic mass is 10.1. The van der Waals surface area contributed by atoms with Gasteiger partial charge in [0.05, 0.1) is 9.82 Å². The van der Waals surface area contributed by atoms with Crippen molar-refractivity contribution in [2.24, 2.45) is 0 Å². The number of sulfonamides is 1. The summed E-state index contributed by atoms with van der Waals surface area (Å²) in [5, 5.41) is 13.3. The van der Waals surface area contributed by atoms with E-state index in [1.165, 1.54) is 31.3 Å². The molecule has 0 bridgehead atoms. The third-order valence-corrected chi connectivity index (χ3v) is 4.88. The van der Waals surface area contributed by atoms with Crippen molar-refractivity contribution in [1.29, 1.82) is 0 Å². The van der Waals surface area contributed by atoms with Gasteiger partial charge in [-0.3, -0.25) is 14.9 Å². The van der Waals surface area contributed by atoms with Crippen LogP contribution in [0.5, 0.6) is 0 Å². The number of nitro benzene ring substituents is 1. The molecule has 0 aliphatic heterocycles. The summed E-state index contributed by atoms with van der Waals surface area (Å²) < 4.78 is 26.1. The van der Waals surface area contributed by atoms with Gasteiger partial charge in [0.15, 0.2) is 0 Å². The predicted octanol–water partition coefficient (Wildman–Crippen LogP) is 2.06. The first-order chi connectivity index (χ1) is 11.2. The number of non-ortho nitro benzene ring substituents is 1. The van der Waals surface area contributed by atoms with Crippen LogP contribution in [0, 0.1) is 17.0 Å². The summed E-state index contributed by atoms with van der Waals surface area (Å²) in [4.78, 5) is 22.4. The molecule has 0 unspecified atom stereocenters. The molecule has 0 saturated heterocycles. The molecule has 0 atom stereocenters. The van der Waals surface area contributed by atoms with Crippen molar-refractivity contribution >= 4 is 27.3 Å². The van der Waals surface area contributed by atoms with Gasteiger partial charge >= 0.3 is 0 Å². The van der Waals surface area contributed by atoms with Crippen LogP contribution in [0.1, 0.15) is 15.9 Å². The van der Waals surface area contributed by atoms with Crippen LogP contribution < -0.4 is 10.0 Å². The highest BCUT2D eigenvalue weighted by molar-refractivity contribution is 7.89. The molecule has 126 valence electrons. The van der Waals surface area contributed by atoms with Crippen LogP contribution >= 0.6 is 0 Å². The van der Waals surface area contributed by atoms with E-state index in [0.717, 1.165) is 6.07 Å². The zero-order valence-electron chi connectivity index (χ0n) is 12.9. The lowest BCUT2D eigenvalue weighted by Gasteiger charge is -2.10. The SMILES string of the molecule is CNS(=O)(=O)c1cc(NC(=O)c2cccc([N+](=O)[O-])c2)ccc1C. The van der Waals surface area contributed by atoms with Crippen LogP contribution in [0.25, 0.3) is 0 Å². The Labute approximate surface area is 138 Å². The molecule has 1 amide bonds. The van der Waals surface area contributed by atoms with Crippen LogP contribution in [0.15, 0.2) is 47.4 Å². The topological polar surface area (TPSA) is 118 Å². The van der Waals surface area contributed by atoms with Crippen LogP contribution in [0.2, 0.25) is 0 Å². The average Bonchev–Trinajstić information content (AvgIpc) is 2.56. The Kier molecular flexibility index (Phi) is 4.96. The third-order valence-electron chi connectivity index (χ3n) is 3.32. The van der Waals surface area contributed by atoms with Crippen molar-refractivity contribution in [1.82, 2.24) is 4.72 Å². The number of rotatable bonds is 5. The highest BCUT2D eigenvalue weighted by atomic mass is 32.2. The van der Waals surface area contributed by atoms with E-state index >= 15 is 0 Å². The molecule has 0 aromatic heterocycles. The van der Waals surface area contributed by atoms with E-state index in [-0.39, 0.29) is 21.8 Å². The van der Waals surface area contributed by atoms with E-state index in [1.54, 1.807) is 19.1 Å². The number of carbonyl (C=O) groups is 1. The molecule has 0 aliphatic carbocycles. The molecule has 2 aromatic carbocycles. The minimum Gasteiger partial charge on any atom is -0.322 e. The minimum absolute atomic E-state index is 0.0434. The van der Waals surface area contributed by atoms with Crippen molar-refractivity contribution in [2.45, 2.75) is 11.8 Å². The number of nitrogens with one attached hydrogen (secondary N) is 2. The van der Waals surface area contributed by atoms with Gasteiger partial charge in [0.1, 0.15) is 0 Å². The summed E-state index contributed by atoms with van der Waals surface area (Å²) in [5.41, 5.74) is 0.691. The second-order valence-electron chi connectivity index (χ2n) is 4.95. The Hall–Kier alpha value is -2.78. The molecule has 2 aromatic rings. The van der Waals surface area contributed by atoms with Crippen LogP contribution in [-0.2, 0) is 10.0 Å². The molecule has 2 rings (SSSR count). The summed E-state index contributed by atoms with van der Waals surface area (Å²) >= 11 is 0. The molecular weight excluding hydrogens is 334 g/mol. The standard InChI is InChI=1S/C15H15N3O5S/c1-10-6-7-12(9-14(10)24(22,23)16-2)17-15(19)11-4-3-5-13(8-11)18(20)21/h3-9,16H,1-2H3,(H,17,19). The van der Waals surface area contributed by atoms with E-state index in [2.05, 4.69) is 10.0 Å². The third kappa shape index (κ3) is 3.76. The number of amides is 1. The molecule has 0 heterocycles. The highest BCUT2D eigenvalue weighted by Crippen LogP contribution is 2.21. The second kappa shape index (κ2) is 6.77. The summed E-state index contributed by atoms with van der Waals surface area (Å²) in [7, 11) is -2.37. The fourth-order valence-electron chi connectivity index (χ4n) is 2.04. The van der Waals surface area contributed by atoms with Gasteiger partial charge in [0.2, 0.25) is 10.0 Å². The number of nitrogens with zero attached hydrogens (tertiary/aromatic N) is 1. The van der Waals surface area contributed by atoms with Gasteiger partial charge in [0, 0.05) is 23.4 Å². The van der Waals surface area contributed by atoms with Gasteiger partial charge < -0.3 is 5.32 Å². The molecule has 0 spiro atoms.